The number of methoxy groups -OCH3 is 2. The predicted octanol–water partition coefficient (Wildman–Crippen LogP) is 3.73. The summed E-state index contributed by atoms with van der Waals surface area (Å²) in [6, 6.07) is 3.36. The van der Waals surface area contributed by atoms with E-state index in [1.165, 1.54) is 20.6 Å². The second-order valence-electron chi connectivity index (χ2n) is 4.62. The largest absolute Gasteiger partial charge is 0.493 e. The van der Waals surface area contributed by atoms with Crippen LogP contribution in [0.1, 0.15) is 36.0 Å². The summed E-state index contributed by atoms with van der Waals surface area (Å²) in [5.41, 5.74) is 0.601. The molecule has 0 aliphatic heterocycles. The maximum Gasteiger partial charge on any atom is 0.179 e. The number of benzene rings is 1. The maximum absolute atomic E-state index is 12.1. The van der Waals surface area contributed by atoms with Crippen LogP contribution in [0, 0.1) is 5.92 Å². The van der Waals surface area contributed by atoms with Gasteiger partial charge >= 0.3 is 0 Å². The fraction of sp³-hybridized carbons (Fsp3) is 0.500. The second kappa shape index (κ2) is 5.61. The summed E-state index contributed by atoms with van der Waals surface area (Å²) < 4.78 is 10.3. The Morgan fingerprint density at radius 2 is 2.06 bits per heavy atom. The molecule has 0 unspecified atom stereocenters. The van der Waals surface area contributed by atoms with Crippen molar-refractivity contribution in [3.63, 3.8) is 0 Å². The smallest absolute Gasteiger partial charge is 0.179 e. The number of halogens is 1. The third-order valence-electron chi connectivity index (χ3n) is 3.45. The van der Waals surface area contributed by atoms with Gasteiger partial charge in [-0.25, -0.2) is 0 Å². The molecule has 98 valence electrons. The minimum atomic E-state index is 0.127. The van der Waals surface area contributed by atoms with Gasteiger partial charge in [-0.1, -0.05) is 30.9 Å². The summed E-state index contributed by atoms with van der Waals surface area (Å²) in [5, 5.41) is 0.411. The Labute approximate surface area is 112 Å². The lowest BCUT2D eigenvalue weighted by Crippen LogP contribution is -2.16. The number of hydrogen-bond donors (Lipinski definition) is 0. The van der Waals surface area contributed by atoms with E-state index in [9.17, 15) is 4.79 Å². The molecule has 1 aliphatic rings. The molecule has 1 aliphatic carbocycles. The van der Waals surface area contributed by atoms with Crippen LogP contribution in [0.15, 0.2) is 12.1 Å². The van der Waals surface area contributed by atoms with Crippen LogP contribution in [0.4, 0.5) is 0 Å². The first-order chi connectivity index (χ1) is 8.65. The third-order valence-corrected chi connectivity index (χ3v) is 3.74. The standard InChI is InChI=1S/C14H17ClO3/c1-17-13-8-10(7-11(15)14(13)18-2)12(16)6-9-4-3-5-9/h7-9H,3-6H2,1-2H3. The molecule has 0 aromatic heterocycles. The predicted molar refractivity (Wildman–Crippen MR) is 70.8 cm³/mol. The number of carbonyl (C=O) groups excluding carboxylic acids is 1. The minimum absolute atomic E-state index is 0.127. The Morgan fingerprint density at radius 1 is 1.33 bits per heavy atom. The van der Waals surface area contributed by atoms with Crippen molar-refractivity contribution in [3.05, 3.63) is 22.7 Å². The highest BCUT2D eigenvalue weighted by molar-refractivity contribution is 6.32. The molecular formula is C14H17ClO3. The van der Waals surface area contributed by atoms with Crippen molar-refractivity contribution >= 4 is 17.4 Å². The molecular weight excluding hydrogens is 252 g/mol. The van der Waals surface area contributed by atoms with E-state index in [1.54, 1.807) is 12.1 Å². The van der Waals surface area contributed by atoms with E-state index in [0.29, 0.717) is 34.4 Å². The number of Topliss-reactive ketones (excluding diaryl/α,β-unsaturated/α-hetero) is 1. The lowest BCUT2D eigenvalue weighted by atomic mass is 9.81. The van der Waals surface area contributed by atoms with E-state index in [4.69, 9.17) is 21.1 Å². The molecule has 1 fully saturated rings. The SMILES string of the molecule is COc1cc(C(=O)CC2CCC2)cc(Cl)c1OC. The van der Waals surface area contributed by atoms with E-state index < -0.39 is 0 Å². The van der Waals surface area contributed by atoms with Gasteiger partial charge in [0.15, 0.2) is 17.3 Å². The van der Waals surface area contributed by atoms with Crippen LogP contribution in [0.5, 0.6) is 11.5 Å². The zero-order chi connectivity index (χ0) is 13.1. The second-order valence-corrected chi connectivity index (χ2v) is 5.03. The summed E-state index contributed by atoms with van der Waals surface area (Å²) >= 11 is 6.08. The highest BCUT2D eigenvalue weighted by Crippen LogP contribution is 2.37. The summed E-state index contributed by atoms with van der Waals surface area (Å²) in [6.45, 7) is 0. The van der Waals surface area contributed by atoms with Crippen molar-refractivity contribution in [1.82, 2.24) is 0 Å². The minimum Gasteiger partial charge on any atom is -0.493 e. The molecule has 2 rings (SSSR count). The fourth-order valence-corrected chi connectivity index (χ4v) is 2.44. The van der Waals surface area contributed by atoms with Gasteiger partial charge < -0.3 is 9.47 Å². The van der Waals surface area contributed by atoms with Gasteiger partial charge in [0.1, 0.15) is 0 Å². The Bertz CT molecular complexity index is 453. The van der Waals surface area contributed by atoms with Crippen LogP contribution in [-0.2, 0) is 0 Å². The first kappa shape index (κ1) is 13.2. The van der Waals surface area contributed by atoms with Crippen LogP contribution < -0.4 is 9.47 Å². The van der Waals surface area contributed by atoms with Crippen molar-refractivity contribution in [2.24, 2.45) is 5.92 Å². The van der Waals surface area contributed by atoms with Gasteiger partial charge in [0.25, 0.3) is 0 Å². The molecule has 0 heterocycles. The monoisotopic (exact) mass is 268 g/mol. The molecule has 1 saturated carbocycles. The Balaban J connectivity index is 2.21. The molecule has 0 amide bonds. The van der Waals surface area contributed by atoms with Crippen LogP contribution >= 0.6 is 11.6 Å². The van der Waals surface area contributed by atoms with Gasteiger partial charge in [0.05, 0.1) is 19.2 Å². The maximum atomic E-state index is 12.1. The van der Waals surface area contributed by atoms with Gasteiger partial charge in [-0.2, -0.15) is 0 Å². The highest BCUT2D eigenvalue weighted by Gasteiger charge is 2.22. The lowest BCUT2D eigenvalue weighted by Gasteiger charge is -2.24. The first-order valence-electron chi connectivity index (χ1n) is 6.10. The van der Waals surface area contributed by atoms with Gasteiger partial charge in [0.2, 0.25) is 0 Å². The summed E-state index contributed by atoms with van der Waals surface area (Å²) in [5.74, 6) is 1.65. The van der Waals surface area contributed by atoms with Gasteiger partial charge in [0, 0.05) is 12.0 Å². The van der Waals surface area contributed by atoms with E-state index >= 15 is 0 Å². The van der Waals surface area contributed by atoms with E-state index in [0.717, 1.165) is 12.8 Å². The molecule has 1 aromatic carbocycles. The van der Waals surface area contributed by atoms with Gasteiger partial charge in [-0.15, -0.1) is 0 Å². The average molecular weight is 269 g/mol. The van der Waals surface area contributed by atoms with Crippen molar-refractivity contribution in [2.75, 3.05) is 14.2 Å². The Hall–Kier alpha value is -1.22. The normalized spacial score (nSPS) is 15.1. The molecule has 4 heteroatoms. The average Bonchev–Trinajstić information content (AvgIpc) is 2.32. The third kappa shape index (κ3) is 2.61. The van der Waals surface area contributed by atoms with Gasteiger partial charge in [-0.3, -0.25) is 4.79 Å². The van der Waals surface area contributed by atoms with Gasteiger partial charge in [-0.05, 0) is 18.1 Å². The summed E-state index contributed by atoms with van der Waals surface area (Å²) in [6.07, 6.45) is 4.16. The molecule has 18 heavy (non-hydrogen) atoms. The fourth-order valence-electron chi connectivity index (χ4n) is 2.16. The van der Waals surface area contributed by atoms with Crippen LogP contribution in [0.2, 0.25) is 5.02 Å². The first-order valence-corrected chi connectivity index (χ1v) is 6.48. The summed E-state index contributed by atoms with van der Waals surface area (Å²) in [4.78, 5) is 12.1. The molecule has 0 atom stereocenters. The highest BCUT2D eigenvalue weighted by atomic mass is 35.5. The molecule has 0 spiro atoms. The van der Waals surface area contributed by atoms with Crippen molar-refractivity contribution < 1.29 is 14.3 Å². The molecule has 3 nitrogen and oxygen atoms in total. The number of carbonyl (C=O) groups is 1. The lowest BCUT2D eigenvalue weighted by molar-refractivity contribution is 0.0936. The Morgan fingerprint density at radius 3 is 2.56 bits per heavy atom. The molecule has 0 N–H and O–H groups in total. The topological polar surface area (TPSA) is 35.5 Å². The number of rotatable bonds is 5. The number of hydrogen-bond acceptors (Lipinski definition) is 3. The van der Waals surface area contributed by atoms with Crippen molar-refractivity contribution in [2.45, 2.75) is 25.7 Å². The number of ketones is 1. The quantitative estimate of drug-likeness (QED) is 0.764. The van der Waals surface area contributed by atoms with Crippen LogP contribution in [-0.4, -0.2) is 20.0 Å². The number of ether oxygens (including phenoxy) is 2. The zero-order valence-electron chi connectivity index (χ0n) is 10.7. The van der Waals surface area contributed by atoms with E-state index in [1.807, 2.05) is 0 Å². The van der Waals surface area contributed by atoms with E-state index in [-0.39, 0.29) is 5.78 Å². The molecule has 1 aromatic rings. The molecule has 0 radical (unpaired) electrons. The molecule has 0 saturated heterocycles. The molecule has 0 bridgehead atoms. The van der Waals surface area contributed by atoms with Crippen LogP contribution in [0.3, 0.4) is 0 Å². The van der Waals surface area contributed by atoms with E-state index in [2.05, 4.69) is 0 Å². The van der Waals surface area contributed by atoms with Crippen molar-refractivity contribution in [1.29, 1.82) is 0 Å². The summed E-state index contributed by atoms with van der Waals surface area (Å²) in [7, 11) is 3.06. The van der Waals surface area contributed by atoms with Crippen molar-refractivity contribution in [3.8, 4) is 11.5 Å². The zero-order valence-corrected chi connectivity index (χ0v) is 11.4. The Kier molecular flexibility index (Phi) is 4.12. The van der Waals surface area contributed by atoms with Crippen LogP contribution in [0.25, 0.3) is 0 Å².